The first-order chi connectivity index (χ1) is 12.2. The number of carbonyl (C=O) groups excluding carboxylic acids is 1. The Hall–Kier alpha value is -2.59. The Morgan fingerprint density at radius 3 is 2.60 bits per heavy atom. The Morgan fingerprint density at radius 2 is 1.96 bits per heavy atom. The summed E-state index contributed by atoms with van der Waals surface area (Å²) < 4.78 is 6.91. The average molecular weight is 355 g/mol. The molecule has 128 valence electrons. The lowest BCUT2D eigenvalue weighted by atomic mass is 10.0. The maximum absolute atomic E-state index is 11.7. The highest BCUT2D eigenvalue weighted by Crippen LogP contribution is 2.22. The molecule has 0 saturated carbocycles. The van der Waals surface area contributed by atoms with Crippen molar-refractivity contribution >= 4 is 17.6 Å². The van der Waals surface area contributed by atoms with E-state index < -0.39 is 0 Å². The second-order valence-corrected chi connectivity index (χ2v) is 6.07. The summed E-state index contributed by atoms with van der Waals surface area (Å²) in [6.45, 7) is 2.18. The Balaban J connectivity index is 1.64. The molecule has 5 heteroatoms. The van der Waals surface area contributed by atoms with Crippen LogP contribution < -0.4 is 0 Å². The van der Waals surface area contributed by atoms with Gasteiger partial charge in [0.2, 0.25) is 0 Å². The second kappa shape index (κ2) is 7.99. The van der Waals surface area contributed by atoms with Crippen LogP contribution in [0.1, 0.15) is 28.4 Å². The number of hydrogen-bond acceptors (Lipinski definition) is 3. The molecule has 0 spiro atoms. The summed E-state index contributed by atoms with van der Waals surface area (Å²) in [5.74, 6) is -0.285. The van der Waals surface area contributed by atoms with E-state index in [1.807, 2.05) is 41.1 Å². The van der Waals surface area contributed by atoms with Crippen molar-refractivity contribution in [3.63, 3.8) is 0 Å². The van der Waals surface area contributed by atoms with Crippen molar-refractivity contribution in [3.8, 4) is 5.69 Å². The lowest BCUT2D eigenvalue weighted by molar-refractivity contribution is 0.0526. The lowest BCUT2D eigenvalue weighted by Crippen LogP contribution is -2.04. The van der Waals surface area contributed by atoms with Gasteiger partial charge in [0, 0.05) is 23.1 Å². The van der Waals surface area contributed by atoms with Gasteiger partial charge >= 0.3 is 5.97 Å². The molecule has 0 bridgehead atoms. The molecule has 0 amide bonds. The van der Waals surface area contributed by atoms with E-state index in [2.05, 4.69) is 4.98 Å². The smallest absolute Gasteiger partial charge is 0.338 e. The van der Waals surface area contributed by atoms with E-state index in [9.17, 15) is 4.79 Å². The van der Waals surface area contributed by atoms with E-state index in [-0.39, 0.29) is 5.97 Å². The molecular weight excluding hydrogens is 336 g/mol. The van der Waals surface area contributed by atoms with Gasteiger partial charge in [-0.3, -0.25) is 0 Å². The van der Waals surface area contributed by atoms with Crippen molar-refractivity contribution in [1.82, 2.24) is 9.55 Å². The van der Waals surface area contributed by atoms with Crippen molar-refractivity contribution in [2.24, 2.45) is 0 Å². The van der Waals surface area contributed by atoms with Crippen LogP contribution in [0.4, 0.5) is 0 Å². The minimum absolute atomic E-state index is 0.285. The molecule has 3 rings (SSSR count). The van der Waals surface area contributed by atoms with Gasteiger partial charge in [-0.1, -0.05) is 29.8 Å². The Morgan fingerprint density at radius 1 is 1.16 bits per heavy atom. The lowest BCUT2D eigenvalue weighted by Gasteiger charge is -2.08. The van der Waals surface area contributed by atoms with Gasteiger partial charge in [-0.25, -0.2) is 9.78 Å². The molecule has 0 aliphatic carbocycles. The summed E-state index contributed by atoms with van der Waals surface area (Å²) >= 11 is 6.42. The van der Waals surface area contributed by atoms with Crippen molar-refractivity contribution in [1.29, 1.82) is 0 Å². The third kappa shape index (κ3) is 4.28. The molecule has 0 aliphatic rings. The van der Waals surface area contributed by atoms with Gasteiger partial charge in [0.05, 0.1) is 18.5 Å². The van der Waals surface area contributed by atoms with Crippen molar-refractivity contribution < 1.29 is 9.53 Å². The van der Waals surface area contributed by atoms with Crippen molar-refractivity contribution in [2.75, 3.05) is 6.61 Å². The molecule has 1 heterocycles. The summed E-state index contributed by atoms with van der Waals surface area (Å²) in [6, 6.07) is 13.5. The van der Waals surface area contributed by atoms with Gasteiger partial charge in [-0.15, -0.1) is 0 Å². The molecule has 0 saturated heterocycles. The van der Waals surface area contributed by atoms with Gasteiger partial charge < -0.3 is 9.30 Å². The summed E-state index contributed by atoms with van der Waals surface area (Å²) in [6.07, 6.45) is 7.06. The molecular formula is C20H19ClN2O2. The first kappa shape index (κ1) is 17.2. The molecule has 25 heavy (non-hydrogen) atoms. The number of carbonyl (C=O) groups is 1. The molecule has 1 aromatic heterocycles. The van der Waals surface area contributed by atoms with Crippen molar-refractivity contribution in [2.45, 2.75) is 19.8 Å². The second-order valence-electron chi connectivity index (χ2n) is 5.66. The van der Waals surface area contributed by atoms with Gasteiger partial charge in [0.1, 0.15) is 0 Å². The van der Waals surface area contributed by atoms with E-state index in [0.717, 1.165) is 34.7 Å². The molecule has 0 unspecified atom stereocenters. The van der Waals surface area contributed by atoms with E-state index in [1.165, 1.54) is 0 Å². The quantitative estimate of drug-likeness (QED) is 0.613. The SMILES string of the molecule is CCOC(=O)c1ccc(CCc2ccc(-n3ccnc3)cc2Cl)cc1. The largest absolute Gasteiger partial charge is 0.462 e. The number of esters is 1. The third-order valence-corrected chi connectivity index (χ3v) is 4.34. The predicted molar refractivity (Wildman–Crippen MR) is 98.4 cm³/mol. The zero-order valence-electron chi connectivity index (χ0n) is 14.0. The topological polar surface area (TPSA) is 44.1 Å². The predicted octanol–water partition coefficient (Wildman–Crippen LogP) is 4.49. The van der Waals surface area contributed by atoms with E-state index in [0.29, 0.717) is 12.2 Å². The zero-order chi connectivity index (χ0) is 17.6. The number of imidazole rings is 1. The summed E-state index contributed by atoms with van der Waals surface area (Å²) in [5.41, 5.74) is 3.82. The fraction of sp³-hybridized carbons (Fsp3) is 0.200. The molecule has 2 aromatic carbocycles. The molecule has 0 N–H and O–H groups in total. The monoisotopic (exact) mass is 354 g/mol. The summed E-state index contributed by atoms with van der Waals surface area (Å²) in [4.78, 5) is 15.7. The summed E-state index contributed by atoms with van der Waals surface area (Å²) in [5, 5.41) is 0.745. The number of nitrogens with zero attached hydrogens (tertiary/aromatic N) is 2. The normalized spacial score (nSPS) is 10.6. The van der Waals surface area contributed by atoms with Gasteiger partial charge in [-0.2, -0.15) is 0 Å². The zero-order valence-corrected chi connectivity index (χ0v) is 14.7. The van der Waals surface area contributed by atoms with Crippen LogP contribution in [-0.4, -0.2) is 22.1 Å². The minimum atomic E-state index is -0.285. The van der Waals surface area contributed by atoms with Crippen LogP contribution >= 0.6 is 11.6 Å². The van der Waals surface area contributed by atoms with Crippen LogP contribution in [0.5, 0.6) is 0 Å². The maximum atomic E-state index is 11.7. The molecule has 0 atom stereocenters. The molecule has 0 aliphatic heterocycles. The van der Waals surface area contributed by atoms with Crippen LogP contribution in [0.2, 0.25) is 5.02 Å². The van der Waals surface area contributed by atoms with E-state index in [1.54, 1.807) is 31.6 Å². The highest BCUT2D eigenvalue weighted by atomic mass is 35.5. The maximum Gasteiger partial charge on any atom is 0.338 e. The van der Waals surface area contributed by atoms with Crippen LogP contribution in [-0.2, 0) is 17.6 Å². The van der Waals surface area contributed by atoms with Crippen LogP contribution in [0.3, 0.4) is 0 Å². The minimum Gasteiger partial charge on any atom is -0.462 e. The van der Waals surface area contributed by atoms with Crippen LogP contribution in [0, 0.1) is 0 Å². The number of ether oxygens (including phenoxy) is 1. The van der Waals surface area contributed by atoms with Crippen LogP contribution in [0.15, 0.2) is 61.2 Å². The van der Waals surface area contributed by atoms with Gasteiger partial charge in [0.25, 0.3) is 0 Å². The Kier molecular flexibility index (Phi) is 5.51. The Bertz CT molecular complexity index is 843. The standard InChI is InChI=1S/C20H19ClN2O2/c1-2-25-20(24)17-7-4-15(5-8-17)3-6-16-9-10-18(13-19(16)21)23-12-11-22-14-23/h4-5,7-14H,2-3,6H2,1H3. The van der Waals surface area contributed by atoms with Crippen LogP contribution in [0.25, 0.3) is 5.69 Å². The molecule has 3 aromatic rings. The van der Waals surface area contributed by atoms with E-state index in [4.69, 9.17) is 16.3 Å². The van der Waals surface area contributed by atoms with Gasteiger partial charge in [-0.05, 0) is 55.2 Å². The first-order valence-electron chi connectivity index (χ1n) is 8.20. The number of aryl methyl sites for hydroxylation is 2. The third-order valence-electron chi connectivity index (χ3n) is 3.99. The Labute approximate surface area is 152 Å². The fourth-order valence-electron chi connectivity index (χ4n) is 2.61. The number of rotatable bonds is 6. The summed E-state index contributed by atoms with van der Waals surface area (Å²) in [7, 11) is 0. The molecule has 0 radical (unpaired) electrons. The van der Waals surface area contributed by atoms with E-state index >= 15 is 0 Å². The highest BCUT2D eigenvalue weighted by molar-refractivity contribution is 6.31. The highest BCUT2D eigenvalue weighted by Gasteiger charge is 2.07. The number of hydrogen-bond donors (Lipinski definition) is 0. The number of benzene rings is 2. The van der Waals surface area contributed by atoms with Gasteiger partial charge in [0.15, 0.2) is 0 Å². The molecule has 4 nitrogen and oxygen atoms in total. The first-order valence-corrected chi connectivity index (χ1v) is 8.58. The molecule has 0 fully saturated rings. The fourth-order valence-corrected chi connectivity index (χ4v) is 2.88. The number of aromatic nitrogens is 2. The van der Waals surface area contributed by atoms with Crippen molar-refractivity contribution in [3.05, 3.63) is 82.9 Å². The average Bonchev–Trinajstić information content (AvgIpc) is 3.16. The number of halogens is 1.